The molecule has 0 atom stereocenters. The van der Waals surface area contributed by atoms with Crippen molar-refractivity contribution >= 4 is 40.8 Å². The number of ether oxygens (including phenoxy) is 1. The van der Waals surface area contributed by atoms with E-state index in [9.17, 15) is 22.8 Å². The summed E-state index contributed by atoms with van der Waals surface area (Å²) in [6, 6.07) is 7.18. The van der Waals surface area contributed by atoms with Crippen LogP contribution in [0, 0.1) is 31.3 Å². The lowest BCUT2D eigenvalue weighted by molar-refractivity contribution is 0.0959. The molecule has 0 fully saturated rings. The summed E-state index contributed by atoms with van der Waals surface area (Å²) in [7, 11) is 0. The van der Waals surface area contributed by atoms with Crippen LogP contribution < -0.4 is 15.4 Å². The molecule has 10 heteroatoms. The van der Waals surface area contributed by atoms with E-state index in [2.05, 4.69) is 5.32 Å². The largest absolute Gasteiger partial charge is 0.453 e. The zero-order chi connectivity index (χ0) is 23.6. The Hall–Kier alpha value is -3.23. The smallest absolute Gasteiger partial charge is 0.326 e. The molecule has 3 rings (SSSR count). The van der Waals surface area contributed by atoms with Crippen molar-refractivity contribution in [1.82, 2.24) is 5.32 Å². The Morgan fingerprint density at radius 3 is 2.19 bits per heavy atom. The fraction of sp³-hybridized carbons (Fsp3) is 0.0909. The summed E-state index contributed by atoms with van der Waals surface area (Å²) >= 11 is 12.0. The van der Waals surface area contributed by atoms with Gasteiger partial charge >= 0.3 is 6.03 Å². The van der Waals surface area contributed by atoms with E-state index in [-0.39, 0.29) is 27.2 Å². The minimum atomic E-state index is -1.25. The molecular weight excluding hydrogens is 468 g/mol. The molecule has 0 saturated carbocycles. The zero-order valence-electron chi connectivity index (χ0n) is 16.7. The Morgan fingerprint density at radius 2 is 1.56 bits per heavy atom. The average molecular weight is 483 g/mol. The highest BCUT2D eigenvalue weighted by molar-refractivity contribution is 6.33. The van der Waals surface area contributed by atoms with Gasteiger partial charge in [-0.3, -0.25) is 10.1 Å². The Kier molecular flexibility index (Phi) is 6.96. The molecule has 3 aromatic rings. The molecule has 0 radical (unpaired) electrons. The molecule has 0 aliphatic heterocycles. The molecule has 0 aliphatic rings. The number of hydrogen-bond acceptors (Lipinski definition) is 3. The van der Waals surface area contributed by atoms with Crippen LogP contribution >= 0.6 is 23.2 Å². The van der Waals surface area contributed by atoms with Crippen molar-refractivity contribution < 1.29 is 27.5 Å². The standard InChI is InChI=1S/C22H15Cl2F3N2O3/c1-10-8-17(32-16-7-6-12(23)9-15(16)27)19(24)11(2)20(10)28-22(31)29-21(30)18-13(25)4-3-5-14(18)26/h3-9H,1-2H3,(H2,28,29,30,31). The number of anilines is 1. The maximum absolute atomic E-state index is 14.0. The molecule has 0 unspecified atom stereocenters. The van der Waals surface area contributed by atoms with Crippen LogP contribution in [0.4, 0.5) is 23.7 Å². The van der Waals surface area contributed by atoms with Crippen LogP contribution in [0.25, 0.3) is 0 Å². The topological polar surface area (TPSA) is 67.4 Å². The van der Waals surface area contributed by atoms with Crippen LogP contribution in [0.15, 0.2) is 42.5 Å². The van der Waals surface area contributed by atoms with Crippen LogP contribution in [0.1, 0.15) is 21.5 Å². The molecule has 0 saturated heterocycles. The van der Waals surface area contributed by atoms with Crippen molar-refractivity contribution in [2.24, 2.45) is 0 Å². The predicted molar refractivity (Wildman–Crippen MR) is 115 cm³/mol. The Labute approximate surface area is 191 Å². The number of nitrogens with one attached hydrogen (secondary N) is 2. The van der Waals surface area contributed by atoms with Gasteiger partial charge in [0.05, 0.1) is 5.02 Å². The van der Waals surface area contributed by atoms with Gasteiger partial charge in [0.1, 0.15) is 22.9 Å². The summed E-state index contributed by atoms with van der Waals surface area (Å²) < 4.78 is 47.0. The number of imide groups is 1. The van der Waals surface area contributed by atoms with Crippen molar-refractivity contribution in [2.75, 3.05) is 5.32 Å². The second kappa shape index (κ2) is 9.50. The molecule has 0 bridgehead atoms. The monoisotopic (exact) mass is 482 g/mol. The summed E-state index contributed by atoms with van der Waals surface area (Å²) in [6.07, 6.45) is 0. The van der Waals surface area contributed by atoms with E-state index in [1.165, 1.54) is 18.2 Å². The van der Waals surface area contributed by atoms with Crippen molar-refractivity contribution in [3.8, 4) is 11.5 Å². The molecule has 0 spiro atoms. The number of rotatable bonds is 4. The summed E-state index contributed by atoms with van der Waals surface area (Å²) in [5, 5.41) is 4.56. The van der Waals surface area contributed by atoms with E-state index in [1.54, 1.807) is 13.8 Å². The van der Waals surface area contributed by atoms with Crippen LogP contribution in [0.3, 0.4) is 0 Å². The highest BCUT2D eigenvalue weighted by Crippen LogP contribution is 2.39. The lowest BCUT2D eigenvalue weighted by Crippen LogP contribution is -2.35. The quantitative estimate of drug-likeness (QED) is 0.430. The third-order valence-electron chi connectivity index (χ3n) is 4.43. The highest BCUT2D eigenvalue weighted by atomic mass is 35.5. The van der Waals surface area contributed by atoms with E-state index in [4.69, 9.17) is 27.9 Å². The summed E-state index contributed by atoms with van der Waals surface area (Å²) in [6.45, 7) is 3.18. The normalized spacial score (nSPS) is 10.6. The summed E-state index contributed by atoms with van der Waals surface area (Å²) in [5.74, 6) is -4.14. The fourth-order valence-electron chi connectivity index (χ4n) is 2.89. The van der Waals surface area contributed by atoms with E-state index in [1.807, 2.05) is 5.32 Å². The first kappa shape index (κ1) is 23.4. The fourth-order valence-corrected chi connectivity index (χ4v) is 3.24. The summed E-state index contributed by atoms with van der Waals surface area (Å²) in [4.78, 5) is 24.4. The van der Waals surface area contributed by atoms with Crippen LogP contribution in [-0.4, -0.2) is 11.9 Å². The molecule has 2 N–H and O–H groups in total. The SMILES string of the molecule is Cc1cc(Oc2ccc(Cl)cc2F)c(Cl)c(C)c1NC(=O)NC(=O)c1c(F)cccc1F. The second-order valence-electron chi connectivity index (χ2n) is 6.69. The number of urea groups is 1. The Bertz CT molecular complexity index is 1220. The minimum Gasteiger partial charge on any atom is -0.453 e. The first-order chi connectivity index (χ1) is 15.1. The molecule has 3 amide bonds. The first-order valence-corrected chi connectivity index (χ1v) is 9.83. The zero-order valence-corrected chi connectivity index (χ0v) is 18.2. The third-order valence-corrected chi connectivity index (χ3v) is 5.14. The van der Waals surface area contributed by atoms with Gasteiger partial charge in [0.2, 0.25) is 0 Å². The van der Waals surface area contributed by atoms with Gasteiger partial charge in [0.15, 0.2) is 11.6 Å². The molecule has 5 nitrogen and oxygen atoms in total. The molecule has 3 aromatic carbocycles. The van der Waals surface area contributed by atoms with Gasteiger partial charge < -0.3 is 10.1 Å². The van der Waals surface area contributed by atoms with E-state index in [0.29, 0.717) is 11.1 Å². The number of benzene rings is 3. The molecular formula is C22H15Cl2F3N2O3. The number of carbonyl (C=O) groups is 2. The van der Waals surface area contributed by atoms with Gasteiger partial charge in [-0.25, -0.2) is 18.0 Å². The number of amides is 3. The molecule has 166 valence electrons. The number of carbonyl (C=O) groups excluding carboxylic acids is 2. The molecule has 0 heterocycles. The lowest BCUT2D eigenvalue weighted by Gasteiger charge is -2.17. The van der Waals surface area contributed by atoms with Gasteiger partial charge in [0, 0.05) is 10.7 Å². The van der Waals surface area contributed by atoms with E-state index >= 15 is 0 Å². The lowest BCUT2D eigenvalue weighted by atomic mass is 10.1. The average Bonchev–Trinajstić information content (AvgIpc) is 2.71. The second-order valence-corrected chi connectivity index (χ2v) is 7.50. The van der Waals surface area contributed by atoms with Crippen molar-refractivity contribution in [2.45, 2.75) is 13.8 Å². The van der Waals surface area contributed by atoms with Crippen molar-refractivity contribution in [1.29, 1.82) is 0 Å². The first-order valence-electron chi connectivity index (χ1n) is 9.07. The third kappa shape index (κ3) is 4.98. The van der Waals surface area contributed by atoms with Gasteiger partial charge in [-0.15, -0.1) is 0 Å². The maximum Gasteiger partial charge on any atom is 0.326 e. The Balaban J connectivity index is 1.81. The van der Waals surface area contributed by atoms with Crippen molar-refractivity contribution in [3.05, 3.63) is 86.7 Å². The van der Waals surface area contributed by atoms with Crippen molar-refractivity contribution in [3.63, 3.8) is 0 Å². The molecule has 0 aromatic heterocycles. The van der Waals surface area contributed by atoms with E-state index in [0.717, 1.165) is 24.3 Å². The molecule has 32 heavy (non-hydrogen) atoms. The predicted octanol–water partition coefficient (Wildman–Crippen LogP) is 6.78. The molecule has 0 aliphatic carbocycles. The van der Waals surface area contributed by atoms with Crippen LogP contribution in [0.2, 0.25) is 10.0 Å². The highest BCUT2D eigenvalue weighted by Gasteiger charge is 2.21. The van der Waals surface area contributed by atoms with Gasteiger partial charge in [-0.2, -0.15) is 0 Å². The van der Waals surface area contributed by atoms with Gasteiger partial charge in [-0.05, 0) is 61.4 Å². The van der Waals surface area contributed by atoms with Gasteiger partial charge in [-0.1, -0.05) is 29.3 Å². The Morgan fingerprint density at radius 1 is 0.906 bits per heavy atom. The van der Waals surface area contributed by atoms with E-state index < -0.39 is 35.0 Å². The number of aryl methyl sites for hydroxylation is 1. The van der Waals surface area contributed by atoms with Gasteiger partial charge in [0.25, 0.3) is 5.91 Å². The minimum absolute atomic E-state index is 0.0757. The van der Waals surface area contributed by atoms with Crippen LogP contribution in [-0.2, 0) is 0 Å². The maximum atomic E-state index is 14.0. The number of hydrogen-bond donors (Lipinski definition) is 2. The van der Waals surface area contributed by atoms with Crippen LogP contribution in [0.5, 0.6) is 11.5 Å². The number of halogens is 5. The summed E-state index contributed by atoms with van der Waals surface area (Å²) in [5.41, 5.74) is 0.174.